The summed E-state index contributed by atoms with van der Waals surface area (Å²) in [5, 5.41) is 10.6. The van der Waals surface area contributed by atoms with Crippen LogP contribution in [0.2, 0.25) is 0 Å². The molecule has 1 aromatic rings. The molecule has 2 nitrogen and oxygen atoms in total. The fraction of sp³-hybridized carbons (Fsp3) is 0.647. The van der Waals surface area contributed by atoms with Crippen molar-refractivity contribution < 1.29 is 5.11 Å². The molecule has 0 saturated carbocycles. The molecule has 0 spiro atoms. The molecule has 106 valence electrons. The van der Waals surface area contributed by atoms with Crippen LogP contribution in [-0.4, -0.2) is 17.8 Å². The summed E-state index contributed by atoms with van der Waals surface area (Å²) in [6.07, 6.45) is 7.36. The molecule has 0 amide bonds. The van der Waals surface area contributed by atoms with Crippen molar-refractivity contribution in [3.05, 3.63) is 35.4 Å². The average molecular weight is 261 g/mol. The smallest absolute Gasteiger partial charge is 0.0614 e. The molecule has 1 atom stereocenters. The van der Waals surface area contributed by atoms with Crippen LogP contribution in [0.4, 0.5) is 0 Å². The topological polar surface area (TPSA) is 46.2 Å². The van der Waals surface area contributed by atoms with E-state index in [4.69, 9.17) is 5.73 Å². The van der Waals surface area contributed by atoms with E-state index in [2.05, 4.69) is 31.2 Å². The Morgan fingerprint density at radius 2 is 1.79 bits per heavy atom. The van der Waals surface area contributed by atoms with Crippen LogP contribution in [-0.2, 0) is 12.8 Å². The van der Waals surface area contributed by atoms with Gasteiger partial charge in [-0.15, -0.1) is 0 Å². The van der Waals surface area contributed by atoms with Crippen molar-refractivity contribution >= 4 is 0 Å². The molecule has 1 aliphatic rings. The average Bonchev–Trinajstić information content (AvgIpc) is 2.83. The lowest BCUT2D eigenvalue weighted by molar-refractivity contribution is 0.0284. The number of aliphatic hydroxyl groups excluding tert-OH is 1. The second-order valence-corrected chi connectivity index (χ2v) is 6.05. The third-order valence-corrected chi connectivity index (χ3v) is 4.65. The van der Waals surface area contributed by atoms with E-state index >= 15 is 0 Å². The molecule has 0 radical (unpaired) electrons. The third-order valence-electron chi connectivity index (χ3n) is 4.65. The first-order valence-corrected chi connectivity index (χ1v) is 7.67. The van der Waals surface area contributed by atoms with E-state index in [0.717, 1.165) is 25.7 Å². The molecule has 0 fully saturated rings. The summed E-state index contributed by atoms with van der Waals surface area (Å²) in [6.45, 7) is 2.79. The molecule has 2 rings (SSSR count). The van der Waals surface area contributed by atoms with Gasteiger partial charge in [0.2, 0.25) is 0 Å². The lowest BCUT2D eigenvalue weighted by Crippen LogP contribution is -2.42. The van der Waals surface area contributed by atoms with Gasteiger partial charge in [0.25, 0.3) is 0 Å². The predicted octanol–water partition coefficient (Wildman–Crippen LogP) is 3.06. The molecule has 3 N–H and O–H groups in total. The van der Waals surface area contributed by atoms with Crippen LogP contribution < -0.4 is 5.73 Å². The van der Waals surface area contributed by atoms with Gasteiger partial charge in [0.15, 0.2) is 0 Å². The molecule has 2 heteroatoms. The van der Waals surface area contributed by atoms with Crippen LogP contribution in [0.15, 0.2) is 24.3 Å². The highest BCUT2D eigenvalue weighted by Crippen LogP contribution is 2.40. The Hall–Kier alpha value is -0.860. The molecule has 1 unspecified atom stereocenters. The van der Waals surface area contributed by atoms with Crippen LogP contribution in [0.5, 0.6) is 0 Å². The first-order valence-electron chi connectivity index (χ1n) is 7.67. The van der Waals surface area contributed by atoms with Crippen molar-refractivity contribution in [1.82, 2.24) is 0 Å². The van der Waals surface area contributed by atoms with Crippen LogP contribution in [0.25, 0.3) is 0 Å². The van der Waals surface area contributed by atoms with Gasteiger partial charge in [-0.3, -0.25) is 0 Å². The summed E-state index contributed by atoms with van der Waals surface area (Å²) < 4.78 is 0. The number of hydrogen-bond acceptors (Lipinski definition) is 2. The predicted molar refractivity (Wildman–Crippen MR) is 80.1 cm³/mol. The second-order valence-electron chi connectivity index (χ2n) is 6.05. The number of unbranched alkanes of at least 4 members (excludes halogenated alkanes) is 3. The van der Waals surface area contributed by atoms with E-state index in [1.165, 1.54) is 30.4 Å². The van der Waals surface area contributed by atoms with E-state index in [-0.39, 0.29) is 11.5 Å². The van der Waals surface area contributed by atoms with Crippen molar-refractivity contribution in [1.29, 1.82) is 0 Å². The van der Waals surface area contributed by atoms with Crippen LogP contribution in [0, 0.1) is 5.41 Å². The van der Waals surface area contributed by atoms with Crippen molar-refractivity contribution in [3.8, 4) is 0 Å². The van der Waals surface area contributed by atoms with Crippen molar-refractivity contribution in [3.63, 3.8) is 0 Å². The van der Waals surface area contributed by atoms with Crippen molar-refractivity contribution in [2.45, 2.75) is 58.0 Å². The summed E-state index contributed by atoms with van der Waals surface area (Å²) in [4.78, 5) is 0. The highest BCUT2D eigenvalue weighted by Gasteiger charge is 2.41. The minimum Gasteiger partial charge on any atom is -0.392 e. The van der Waals surface area contributed by atoms with Gasteiger partial charge in [0.05, 0.1) is 6.10 Å². The van der Waals surface area contributed by atoms with E-state index in [1.807, 2.05) is 0 Å². The first-order chi connectivity index (χ1) is 9.22. The van der Waals surface area contributed by atoms with Gasteiger partial charge in [-0.2, -0.15) is 0 Å². The zero-order chi connectivity index (χ0) is 13.7. The summed E-state index contributed by atoms with van der Waals surface area (Å²) in [7, 11) is 0. The molecule has 1 aliphatic carbocycles. The standard InChI is InChI=1S/C17H27NO/c1-2-3-4-5-10-16(19)17(13-18)11-14-8-6-7-9-15(14)12-17/h6-9,16,19H,2-5,10-13,18H2,1H3. The summed E-state index contributed by atoms with van der Waals surface area (Å²) in [5.41, 5.74) is 8.66. The van der Waals surface area contributed by atoms with Gasteiger partial charge >= 0.3 is 0 Å². The molecule has 19 heavy (non-hydrogen) atoms. The number of fused-ring (bicyclic) bond motifs is 1. The lowest BCUT2D eigenvalue weighted by atomic mass is 9.77. The molecule has 0 bridgehead atoms. The van der Waals surface area contributed by atoms with Gasteiger partial charge in [-0.05, 0) is 30.4 Å². The number of hydrogen-bond donors (Lipinski definition) is 2. The first kappa shape index (κ1) is 14.5. The molecule has 0 saturated heterocycles. The molecule has 1 aromatic carbocycles. The molecule has 0 aliphatic heterocycles. The Morgan fingerprint density at radius 3 is 2.32 bits per heavy atom. The zero-order valence-electron chi connectivity index (χ0n) is 12.1. The Bertz CT molecular complexity index is 377. The van der Waals surface area contributed by atoms with E-state index < -0.39 is 0 Å². The largest absolute Gasteiger partial charge is 0.392 e. The van der Waals surface area contributed by atoms with Crippen LogP contribution in [0.1, 0.15) is 50.2 Å². The minimum absolute atomic E-state index is 0.115. The SMILES string of the molecule is CCCCCCC(O)C1(CN)Cc2ccccc2C1. The second kappa shape index (κ2) is 6.53. The van der Waals surface area contributed by atoms with Gasteiger partial charge < -0.3 is 10.8 Å². The van der Waals surface area contributed by atoms with E-state index in [9.17, 15) is 5.11 Å². The summed E-state index contributed by atoms with van der Waals surface area (Å²) >= 11 is 0. The number of aliphatic hydroxyl groups is 1. The van der Waals surface area contributed by atoms with Gasteiger partial charge in [-0.25, -0.2) is 0 Å². The van der Waals surface area contributed by atoms with Gasteiger partial charge in [0, 0.05) is 12.0 Å². The Balaban J connectivity index is 1.97. The highest BCUT2D eigenvalue weighted by molar-refractivity contribution is 5.35. The maximum absolute atomic E-state index is 10.6. The maximum Gasteiger partial charge on any atom is 0.0614 e. The number of nitrogens with two attached hydrogens (primary N) is 1. The molecule has 0 aromatic heterocycles. The third kappa shape index (κ3) is 3.18. The van der Waals surface area contributed by atoms with Crippen LogP contribution >= 0.6 is 0 Å². The molecular formula is C17H27NO. The summed E-state index contributed by atoms with van der Waals surface area (Å²) in [5.74, 6) is 0. The van der Waals surface area contributed by atoms with E-state index in [0.29, 0.717) is 6.54 Å². The fourth-order valence-electron chi connectivity index (χ4n) is 3.31. The van der Waals surface area contributed by atoms with Crippen molar-refractivity contribution in [2.24, 2.45) is 11.1 Å². The number of benzene rings is 1. The Labute approximate surface area is 117 Å². The van der Waals surface area contributed by atoms with E-state index in [1.54, 1.807) is 0 Å². The van der Waals surface area contributed by atoms with Gasteiger partial charge in [-0.1, -0.05) is 56.9 Å². The normalized spacial score (nSPS) is 18.3. The van der Waals surface area contributed by atoms with Gasteiger partial charge in [0.1, 0.15) is 0 Å². The Kier molecular flexibility index (Phi) is 5.00. The zero-order valence-corrected chi connectivity index (χ0v) is 12.1. The quantitative estimate of drug-likeness (QED) is 0.741. The molecular weight excluding hydrogens is 234 g/mol. The lowest BCUT2D eigenvalue weighted by Gasteiger charge is -2.33. The maximum atomic E-state index is 10.6. The van der Waals surface area contributed by atoms with Crippen molar-refractivity contribution in [2.75, 3.05) is 6.54 Å². The number of rotatable bonds is 7. The monoisotopic (exact) mass is 261 g/mol. The van der Waals surface area contributed by atoms with Crippen LogP contribution in [0.3, 0.4) is 0 Å². The minimum atomic E-state index is -0.262. The summed E-state index contributed by atoms with van der Waals surface area (Å²) in [6, 6.07) is 8.52. The highest BCUT2D eigenvalue weighted by atomic mass is 16.3. The Morgan fingerprint density at radius 1 is 1.16 bits per heavy atom. The molecule has 0 heterocycles. The fourth-order valence-corrected chi connectivity index (χ4v) is 3.31.